The number of nitrogens with one attached hydrogen (secondary N) is 1. The molecule has 0 spiro atoms. The second-order valence-electron chi connectivity index (χ2n) is 3.65. The Bertz CT molecular complexity index is 426. The maximum atomic E-state index is 11.6. The minimum Gasteiger partial charge on any atom is -0.394 e. The molecule has 5 heteroatoms. The van der Waals surface area contributed by atoms with Crippen molar-refractivity contribution in [3.8, 4) is 6.07 Å². The third-order valence-corrected chi connectivity index (χ3v) is 2.25. The van der Waals surface area contributed by atoms with E-state index in [1.807, 2.05) is 6.07 Å². The number of ether oxygens (including phenoxy) is 1. The topological polar surface area (TPSA) is 82.4 Å². The normalized spacial score (nSPS) is 9.78. The van der Waals surface area contributed by atoms with Crippen LogP contribution >= 0.6 is 0 Å². The quantitative estimate of drug-likeness (QED) is 0.712. The number of anilines is 1. The first-order valence-corrected chi connectivity index (χ1v) is 5.75. The molecule has 1 aromatic rings. The highest BCUT2D eigenvalue weighted by atomic mass is 16.5. The zero-order chi connectivity index (χ0) is 13.2. The molecule has 0 atom stereocenters. The highest BCUT2D eigenvalue weighted by molar-refractivity contribution is 5.92. The standard InChI is InChI=1S/C13H16N2O3/c14-10-11-4-1-2-5-12(11)15-13(17)6-3-8-18-9-7-16/h1-2,4-5,16H,3,6-9H2,(H,15,17). The Morgan fingerprint density at radius 1 is 1.39 bits per heavy atom. The molecule has 0 aliphatic carbocycles. The predicted octanol–water partition coefficient (Wildman–Crippen LogP) is 1.29. The average Bonchev–Trinajstić information content (AvgIpc) is 2.39. The molecule has 1 amide bonds. The number of carbonyl (C=O) groups is 1. The summed E-state index contributed by atoms with van der Waals surface area (Å²) in [7, 11) is 0. The second-order valence-corrected chi connectivity index (χ2v) is 3.65. The average molecular weight is 248 g/mol. The maximum Gasteiger partial charge on any atom is 0.224 e. The van der Waals surface area contributed by atoms with Gasteiger partial charge in [0.1, 0.15) is 6.07 Å². The summed E-state index contributed by atoms with van der Waals surface area (Å²) in [6.07, 6.45) is 0.908. The van der Waals surface area contributed by atoms with Crippen LogP contribution in [0.2, 0.25) is 0 Å². The number of aliphatic hydroxyl groups excluding tert-OH is 1. The number of benzene rings is 1. The maximum absolute atomic E-state index is 11.6. The molecule has 0 aliphatic rings. The van der Waals surface area contributed by atoms with Crippen LogP contribution in [-0.2, 0) is 9.53 Å². The van der Waals surface area contributed by atoms with Crippen molar-refractivity contribution in [1.82, 2.24) is 0 Å². The van der Waals surface area contributed by atoms with Crippen molar-refractivity contribution < 1.29 is 14.6 Å². The molecular formula is C13H16N2O3. The first kappa shape index (κ1) is 14.2. The van der Waals surface area contributed by atoms with Gasteiger partial charge in [-0.05, 0) is 18.6 Å². The lowest BCUT2D eigenvalue weighted by atomic mass is 10.2. The highest BCUT2D eigenvalue weighted by Gasteiger charge is 2.05. The number of carbonyl (C=O) groups excluding carboxylic acids is 1. The van der Waals surface area contributed by atoms with Crippen LogP contribution in [-0.4, -0.2) is 30.8 Å². The van der Waals surface area contributed by atoms with Gasteiger partial charge in [0, 0.05) is 13.0 Å². The van der Waals surface area contributed by atoms with Crippen LogP contribution in [0.15, 0.2) is 24.3 Å². The van der Waals surface area contributed by atoms with Gasteiger partial charge in [-0.3, -0.25) is 4.79 Å². The number of hydrogen-bond donors (Lipinski definition) is 2. The van der Waals surface area contributed by atoms with Crippen molar-refractivity contribution in [2.24, 2.45) is 0 Å². The Kier molecular flexibility index (Phi) is 6.47. The van der Waals surface area contributed by atoms with E-state index in [0.29, 0.717) is 37.3 Å². The third kappa shape index (κ3) is 4.95. The van der Waals surface area contributed by atoms with Gasteiger partial charge in [0.25, 0.3) is 0 Å². The number of rotatable bonds is 7. The molecule has 0 fully saturated rings. The number of hydrogen-bond acceptors (Lipinski definition) is 4. The van der Waals surface area contributed by atoms with Crippen LogP contribution in [0.25, 0.3) is 0 Å². The molecule has 0 radical (unpaired) electrons. The number of nitriles is 1. The number of aliphatic hydroxyl groups is 1. The van der Waals surface area contributed by atoms with Crippen molar-refractivity contribution in [3.05, 3.63) is 29.8 Å². The summed E-state index contributed by atoms with van der Waals surface area (Å²) in [6, 6.07) is 8.88. The monoisotopic (exact) mass is 248 g/mol. The lowest BCUT2D eigenvalue weighted by molar-refractivity contribution is -0.116. The lowest BCUT2D eigenvalue weighted by Crippen LogP contribution is -2.13. The highest BCUT2D eigenvalue weighted by Crippen LogP contribution is 2.13. The molecule has 1 rings (SSSR count). The number of para-hydroxylation sites is 1. The molecule has 0 aromatic heterocycles. The van der Waals surface area contributed by atoms with Crippen molar-refractivity contribution in [2.75, 3.05) is 25.1 Å². The Balaban J connectivity index is 2.34. The first-order chi connectivity index (χ1) is 8.77. The molecule has 0 unspecified atom stereocenters. The van der Waals surface area contributed by atoms with Gasteiger partial charge < -0.3 is 15.2 Å². The fourth-order valence-corrected chi connectivity index (χ4v) is 1.40. The summed E-state index contributed by atoms with van der Waals surface area (Å²) in [6.45, 7) is 0.717. The summed E-state index contributed by atoms with van der Waals surface area (Å²) >= 11 is 0. The van der Waals surface area contributed by atoms with E-state index in [0.717, 1.165) is 0 Å². The van der Waals surface area contributed by atoms with E-state index < -0.39 is 0 Å². The third-order valence-electron chi connectivity index (χ3n) is 2.25. The van der Waals surface area contributed by atoms with Gasteiger partial charge in [0.15, 0.2) is 0 Å². The minimum atomic E-state index is -0.148. The first-order valence-electron chi connectivity index (χ1n) is 5.75. The Labute approximate surface area is 106 Å². The largest absolute Gasteiger partial charge is 0.394 e. The molecule has 5 nitrogen and oxygen atoms in total. The van der Waals surface area contributed by atoms with Gasteiger partial charge >= 0.3 is 0 Å². The van der Waals surface area contributed by atoms with E-state index in [4.69, 9.17) is 15.1 Å². The fraction of sp³-hybridized carbons (Fsp3) is 0.385. The van der Waals surface area contributed by atoms with E-state index >= 15 is 0 Å². The molecule has 2 N–H and O–H groups in total. The van der Waals surface area contributed by atoms with Gasteiger partial charge in [-0.1, -0.05) is 12.1 Å². The molecule has 1 aromatic carbocycles. The van der Waals surface area contributed by atoms with Crippen LogP contribution in [0.3, 0.4) is 0 Å². The van der Waals surface area contributed by atoms with E-state index in [9.17, 15) is 4.79 Å². The van der Waals surface area contributed by atoms with Crippen molar-refractivity contribution in [1.29, 1.82) is 5.26 Å². The van der Waals surface area contributed by atoms with Gasteiger partial charge in [-0.15, -0.1) is 0 Å². The summed E-state index contributed by atoms with van der Waals surface area (Å²) in [4.78, 5) is 11.6. The van der Waals surface area contributed by atoms with Crippen molar-refractivity contribution >= 4 is 11.6 Å². The molecule has 0 saturated heterocycles. The Morgan fingerprint density at radius 3 is 2.89 bits per heavy atom. The van der Waals surface area contributed by atoms with Crippen LogP contribution in [0.4, 0.5) is 5.69 Å². The molecule has 18 heavy (non-hydrogen) atoms. The molecule has 0 heterocycles. The van der Waals surface area contributed by atoms with Crippen LogP contribution in [0, 0.1) is 11.3 Å². The minimum absolute atomic E-state index is 0.0122. The Hall–Kier alpha value is -1.90. The molecular weight excluding hydrogens is 232 g/mol. The number of nitrogens with zero attached hydrogens (tertiary/aromatic N) is 1. The van der Waals surface area contributed by atoms with Crippen molar-refractivity contribution in [3.63, 3.8) is 0 Å². The van der Waals surface area contributed by atoms with E-state index in [1.54, 1.807) is 24.3 Å². The Morgan fingerprint density at radius 2 is 2.17 bits per heavy atom. The van der Waals surface area contributed by atoms with Gasteiger partial charge in [-0.25, -0.2) is 0 Å². The van der Waals surface area contributed by atoms with Gasteiger partial charge in [0.05, 0.1) is 24.5 Å². The SMILES string of the molecule is N#Cc1ccccc1NC(=O)CCCOCCO. The van der Waals surface area contributed by atoms with Crippen LogP contribution in [0.5, 0.6) is 0 Å². The molecule has 96 valence electrons. The van der Waals surface area contributed by atoms with Crippen LogP contribution < -0.4 is 5.32 Å². The summed E-state index contributed by atoms with van der Waals surface area (Å²) in [5.74, 6) is -0.148. The van der Waals surface area contributed by atoms with Crippen molar-refractivity contribution in [2.45, 2.75) is 12.8 Å². The molecule has 0 saturated carbocycles. The van der Waals surface area contributed by atoms with E-state index in [2.05, 4.69) is 5.32 Å². The molecule has 0 aliphatic heterocycles. The van der Waals surface area contributed by atoms with Gasteiger partial charge in [-0.2, -0.15) is 5.26 Å². The fourth-order valence-electron chi connectivity index (χ4n) is 1.40. The van der Waals surface area contributed by atoms with Gasteiger partial charge in [0.2, 0.25) is 5.91 Å². The zero-order valence-corrected chi connectivity index (χ0v) is 10.1. The van der Waals surface area contributed by atoms with Crippen LogP contribution in [0.1, 0.15) is 18.4 Å². The predicted molar refractivity (Wildman–Crippen MR) is 66.9 cm³/mol. The summed E-state index contributed by atoms with van der Waals surface area (Å²) in [5, 5.41) is 20.0. The molecule has 0 bridgehead atoms. The lowest BCUT2D eigenvalue weighted by Gasteiger charge is -2.06. The van der Waals surface area contributed by atoms with E-state index in [1.165, 1.54) is 0 Å². The summed E-state index contributed by atoms with van der Waals surface area (Å²) in [5.41, 5.74) is 0.976. The second kappa shape index (κ2) is 8.23. The number of amides is 1. The summed E-state index contributed by atoms with van der Waals surface area (Å²) < 4.78 is 5.05. The smallest absolute Gasteiger partial charge is 0.224 e. The zero-order valence-electron chi connectivity index (χ0n) is 10.1. The van der Waals surface area contributed by atoms with E-state index in [-0.39, 0.29) is 12.5 Å².